The first-order valence-corrected chi connectivity index (χ1v) is 11.5. The molecule has 175 valence electrons. The van der Waals surface area contributed by atoms with Crippen molar-refractivity contribution in [1.82, 2.24) is 15.2 Å². The highest BCUT2D eigenvalue weighted by Gasteiger charge is 2.48. The molecule has 1 saturated carbocycles. The van der Waals surface area contributed by atoms with Crippen LogP contribution in [0.25, 0.3) is 0 Å². The molecule has 1 fully saturated rings. The van der Waals surface area contributed by atoms with Crippen LogP contribution in [0.5, 0.6) is 0 Å². The molecule has 0 aliphatic heterocycles. The van der Waals surface area contributed by atoms with Gasteiger partial charge < -0.3 is 30.3 Å². The van der Waals surface area contributed by atoms with Crippen LogP contribution >= 0.6 is 0 Å². The maximum Gasteiger partial charge on any atom is 0.486 e. The first kappa shape index (κ1) is 24.7. The summed E-state index contributed by atoms with van der Waals surface area (Å²) in [6.07, 6.45) is 7.40. The quantitative estimate of drug-likeness (QED) is 0.223. The predicted molar refractivity (Wildman–Crippen MR) is 125 cm³/mol. The molecule has 1 aliphatic carbocycles. The molecule has 9 heteroatoms. The maximum atomic E-state index is 13.2. The fraction of sp³-hybridized carbons (Fsp3) is 0.458. The molecule has 33 heavy (non-hydrogen) atoms. The second-order valence-electron chi connectivity index (χ2n) is 8.45. The zero-order valence-electron chi connectivity index (χ0n) is 18.8. The molecule has 0 bridgehead atoms. The third-order valence-electron chi connectivity index (χ3n) is 6.16. The Morgan fingerprint density at radius 2 is 1.82 bits per heavy atom. The van der Waals surface area contributed by atoms with Gasteiger partial charge in [-0.25, -0.2) is 0 Å². The summed E-state index contributed by atoms with van der Waals surface area (Å²) < 4.78 is 7.16. The number of nitrogens with one attached hydrogen (secondary N) is 3. The van der Waals surface area contributed by atoms with Gasteiger partial charge in [0.25, 0.3) is 0 Å². The minimum Gasteiger partial charge on any atom is -0.429 e. The number of hydrogen-bond acceptors (Lipinski definition) is 5. The summed E-state index contributed by atoms with van der Waals surface area (Å²) >= 11 is 0. The van der Waals surface area contributed by atoms with Gasteiger partial charge in [0.15, 0.2) is 0 Å². The van der Waals surface area contributed by atoms with E-state index in [0.717, 1.165) is 18.4 Å². The summed E-state index contributed by atoms with van der Waals surface area (Å²) in [6.45, 7) is 1.14. The van der Waals surface area contributed by atoms with Gasteiger partial charge in [0, 0.05) is 25.5 Å². The Labute approximate surface area is 195 Å². The van der Waals surface area contributed by atoms with E-state index >= 15 is 0 Å². The second-order valence-corrected chi connectivity index (χ2v) is 8.45. The molecule has 8 nitrogen and oxygen atoms in total. The molecular formula is C24H32BN4O4. The molecule has 1 atom stereocenters. The van der Waals surface area contributed by atoms with Gasteiger partial charge in [-0.2, -0.15) is 0 Å². The van der Waals surface area contributed by atoms with Gasteiger partial charge in [0.05, 0.1) is 5.36 Å². The second kappa shape index (κ2) is 12.4. The van der Waals surface area contributed by atoms with Crippen molar-refractivity contribution in [2.24, 2.45) is 5.41 Å². The molecule has 0 saturated heterocycles. The average Bonchev–Trinajstić information content (AvgIpc) is 3.33. The lowest BCUT2D eigenvalue weighted by atomic mass is 9.83. The molecule has 0 spiro atoms. The van der Waals surface area contributed by atoms with Gasteiger partial charge >= 0.3 is 7.69 Å². The first-order valence-electron chi connectivity index (χ1n) is 11.5. The number of hydrogen-bond donors (Lipinski definition) is 4. The van der Waals surface area contributed by atoms with Crippen LogP contribution in [0.2, 0.25) is 0 Å². The number of nitrogens with zero attached hydrogens (tertiary/aromatic N) is 1. The van der Waals surface area contributed by atoms with Crippen LogP contribution < -0.4 is 16.0 Å². The van der Waals surface area contributed by atoms with Crippen molar-refractivity contribution < 1.29 is 19.3 Å². The monoisotopic (exact) mass is 451 g/mol. The van der Waals surface area contributed by atoms with Crippen molar-refractivity contribution in [3.63, 3.8) is 0 Å². The van der Waals surface area contributed by atoms with E-state index in [1.54, 1.807) is 12.1 Å². The number of carbonyl (C=O) groups is 2. The smallest absolute Gasteiger partial charge is 0.429 e. The van der Waals surface area contributed by atoms with E-state index in [2.05, 4.69) is 10.6 Å². The molecule has 1 aliphatic rings. The molecule has 1 aromatic heterocycles. The highest BCUT2D eigenvalue weighted by molar-refractivity contribution is 6.16. The molecule has 2 aromatic rings. The molecule has 3 rings (SSSR count). The van der Waals surface area contributed by atoms with Gasteiger partial charge in [-0.1, -0.05) is 43.2 Å². The van der Waals surface area contributed by atoms with Crippen LogP contribution in [0.3, 0.4) is 0 Å². The molecule has 0 unspecified atom stereocenters. The highest BCUT2D eigenvalue weighted by Crippen LogP contribution is 2.39. The van der Waals surface area contributed by atoms with Gasteiger partial charge in [-0.05, 0) is 49.8 Å². The van der Waals surface area contributed by atoms with Crippen molar-refractivity contribution in [1.29, 1.82) is 5.41 Å². The summed E-state index contributed by atoms with van der Waals surface area (Å²) in [4.78, 5) is 26.3. The molecule has 1 heterocycles. The van der Waals surface area contributed by atoms with Crippen molar-refractivity contribution in [3.8, 4) is 0 Å². The van der Waals surface area contributed by atoms with Crippen LogP contribution in [-0.2, 0) is 27.2 Å². The van der Waals surface area contributed by atoms with E-state index < -0.39 is 11.6 Å². The Hall–Kier alpha value is -2.91. The van der Waals surface area contributed by atoms with Crippen LogP contribution in [-0.4, -0.2) is 41.9 Å². The largest absolute Gasteiger partial charge is 0.486 e. The lowest BCUT2D eigenvalue weighted by Crippen LogP contribution is -2.53. The Balaban J connectivity index is 1.54. The standard InChI is InChI=1S/C24H32BN4O4/c26-20-11-17-29(18-12-20)16-6-9-21(33-25-32)28-23(31)24(13-4-5-14-24)22(30)27-15-10-19-7-2-1-3-8-19/h1-3,7-8,11-12,17-18,21,26,32H,4-6,9-10,13-16H2,(H,27,30)(H,28,31)/t21-/m1/s1. The summed E-state index contributed by atoms with van der Waals surface area (Å²) in [7, 11) is 0.578. The fourth-order valence-electron chi connectivity index (χ4n) is 4.27. The average molecular weight is 451 g/mol. The Kier molecular flexibility index (Phi) is 9.27. The minimum absolute atomic E-state index is 0.244. The number of aromatic nitrogens is 1. The topological polar surface area (TPSA) is 116 Å². The zero-order valence-corrected chi connectivity index (χ0v) is 18.8. The summed E-state index contributed by atoms with van der Waals surface area (Å²) in [5.74, 6) is -0.596. The Bertz CT molecular complexity index is 940. The van der Waals surface area contributed by atoms with Crippen LogP contribution in [0, 0.1) is 10.8 Å². The number of aryl methyl sites for hydroxylation is 1. The fourth-order valence-corrected chi connectivity index (χ4v) is 4.27. The number of amides is 2. The summed E-state index contributed by atoms with van der Waals surface area (Å²) in [5.41, 5.74) is 0.0248. The normalized spacial score (nSPS) is 15.5. The van der Waals surface area contributed by atoms with Gasteiger partial charge in [-0.3, -0.25) is 9.59 Å². The lowest BCUT2D eigenvalue weighted by molar-refractivity contribution is -0.145. The first-order chi connectivity index (χ1) is 16.0. The Morgan fingerprint density at radius 1 is 1.12 bits per heavy atom. The molecule has 1 aromatic carbocycles. The van der Waals surface area contributed by atoms with Crippen molar-refractivity contribution >= 4 is 19.5 Å². The Morgan fingerprint density at radius 3 is 2.48 bits per heavy atom. The van der Waals surface area contributed by atoms with Crippen LogP contribution in [0.1, 0.15) is 44.1 Å². The van der Waals surface area contributed by atoms with Gasteiger partial charge in [0.1, 0.15) is 11.6 Å². The molecule has 2 amide bonds. The maximum absolute atomic E-state index is 13.2. The third-order valence-corrected chi connectivity index (χ3v) is 6.16. The van der Waals surface area contributed by atoms with E-state index in [9.17, 15) is 9.59 Å². The van der Waals surface area contributed by atoms with Crippen molar-refractivity contribution in [3.05, 3.63) is 65.8 Å². The summed E-state index contributed by atoms with van der Waals surface area (Å²) in [6, 6.07) is 13.3. The van der Waals surface area contributed by atoms with Crippen molar-refractivity contribution in [2.75, 3.05) is 6.54 Å². The number of rotatable bonds is 12. The summed E-state index contributed by atoms with van der Waals surface area (Å²) in [5, 5.41) is 22.9. The predicted octanol–water partition coefficient (Wildman–Crippen LogP) is 1.65. The minimum atomic E-state index is -1.10. The van der Waals surface area contributed by atoms with E-state index in [1.165, 1.54) is 0 Å². The van der Waals surface area contributed by atoms with E-state index in [4.69, 9.17) is 15.1 Å². The number of carbonyl (C=O) groups excluding carboxylic acids is 2. The SMILES string of the molecule is N=c1ccn(CCC[C@H](NC(=O)C2(C(=O)NCCc3ccccc3)CCCC2)O[B]O)cc1. The van der Waals surface area contributed by atoms with Gasteiger partial charge in [0.2, 0.25) is 11.8 Å². The van der Waals surface area contributed by atoms with Crippen molar-refractivity contribution in [2.45, 2.75) is 57.7 Å². The van der Waals surface area contributed by atoms with Crippen LogP contribution in [0.4, 0.5) is 0 Å². The molecule has 4 N–H and O–H groups in total. The number of pyridine rings is 1. The number of benzene rings is 1. The van der Waals surface area contributed by atoms with E-state index in [-0.39, 0.29) is 11.8 Å². The lowest BCUT2D eigenvalue weighted by Gasteiger charge is -2.29. The molecular weight excluding hydrogens is 419 g/mol. The van der Waals surface area contributed by atoms with E-state index in [0.29, 0.717) is 58.2 Å². The van der Waals surface area contributed by atoms with Gasteiger partial charge in [-0.15, -0.1) is 0 Å². The molecule has 1 radical (unpaired) electrons. The van der Waals surface area contributed by atoms with E-state index in [1.807, 2.05) is 47.3 Å². The highest BCUT2D eigenvalue weighted by atomic mass is 16.5. The van der Waals surface area contributed by atoms with Crippen LogP contribution in [0.15, 0.2) is 54.9 Å². The third kappa shape index (κ3) is 7.04. The zero-order chi connectivity index (χ0) is 23.5.